The Morgan fingerprint density at radius 2 is 1.65 bits per heavy atom. The van der Waals surface area contributed by atoms with Crippen molar-refractivity contribution in [2.24, 2.45) is 0 Å². The Morgan fingerprint density at radius 1 is 1.00 bits per heavy atom. The number of morpholine rings is 1. The van der Waals surface area contributed by atoms with Crippen molar-refractivity contribution in [3.8, 4) is 0 Å². The third-order valence-electron chi connectivity index (χ3n) is 5.01. The quantitative estimate of drug-likeness (QED) is 0.795. The number of rotatable bonds is 4. The Labute approximate surface area is 153 Å². The molecule has 2 heterocycles. The van der Waals surface area contributed by atoms with E-state index in [4.69, 9.17) is 4.74 Å². The predicted octanol–water partition coefficient (Wildman–Crippen LogP) is 2.49. The predicted molar refractivity (Wildman–Crippen MR) is 98.0 cm³/mol. The molecular formula is C21H22N2O3. The van der Waals surface area contributed by atoms with Crippen molar-refractivity contribution in [1.29, 1.82) is 0 Å². The van der Waals surface area contributed by atoms with E-state index in [0.29, 0.717) is 30.8 Å². The van der Waals surface area contributed by atoms with Crippen molar-refractivity contribution in [3.63, 3.8) is 0 Å². The highest BCUT2D eigenvalue weighted by molar-refractivity contribution is 6.21. The van der Waals surface area contributed by atoms with Crippen LogP contribution in [-0.4, -0.2) is 54.0 Å². The van der Waals surface area contributed by atoms with E-state index in [0.717, 1.165) is 13.1 Å². The van der Waals surface area contributed by atoms with Crippen LogP contribution in [0.3, 0.4) is 0 Å². The maximum Gasteiger partial charge on any atom is 0.261 e. The fourth-order valence-electron chi connectivity index (χ4n) is 3.59. The molecule has 1 atom stereocenters. The zero-order valence-electron chi connectivity index (χ0n) is 14.9. The summed E-state index contributed by atoms with van der Waals surface area (Å²) >= 11 is 0. The molecule has 134 valence electrons. The first-order chi connectivity index (χ1) is 12.6. The van der Waals surface area contributed by atoms with E-state index in [2.05, 4.69) is 36.1 Å². The number of benzene rings is 2. The van der Waals surface area contributed by atoms with E-state index in [1.807, 2.05) is 0 Å². The van der Waals surface area contributed by atoms with E-state index < -0.39 is 0 Å². The molecule has 0 aromatic heterocycles. The summed E-state index contributed by atoms with van der Waals surface area (Å²) in [6.45, 7) is 5.41. The largest absolute Gasteiger partial charge is 0.374 e. The van der Waals surface area contributed by atoms with Crippen LogP contribution in [-0.2, 0) is 11.3 Å². The van der Waals surface area contributed by atoms with Crippen LogP contribution in [0.4, 0.5) is 0 Å². The number of imide groups is 1. The van der Waals surface area contributed by atoms with Crippen molar-refractivity contribution in [3.05, 3.63) is 70.8 Å². The number of carbonyl (C=O) groups is 2. The summed E-state index contributed by atoms with van der Waals surface area (Å²) < 4.78 is 5.83. The van der Waals surface area contributed by atoms with Crippen LogP contribution in [0.5, 0.6) is 0 Å². The summed E-state index contributed by atoms with van der Waals surface area (Å²) in [6, 6.07) is 15.5. The monoisotopic (exact) mass is 350 g/mol. The standard InChI is InChI=1S/C21H22N2O3/c1-15-6-8-16(9-7-15)12-22-10-11-26-17(13-22)14-23-20(24)18-4-2-3-5-19(18)21(23)25/h2-9,17H,10-14H2,1H3. The molecule has 0 radical (unpaired) electrons. The molecule has 4 rings (SSSR count). The first-order valence-corrected chi connectivity index (χ1v) is 8.96. The first kappa shape index (κ1) is 16.9. The number of fused-ring (bicyclic) bond motifs is 1. The van der Waals surface area contributed by atoms with E-state index in [1.165, 1.54) is 16.0 Å². The number of hydrogen-bond donors (Lipinski definition) is 0. The molecule has 0 saturated carbocycles. The molecule has 26 heavy (non-hydrogen) atoms. The summed E-state index contributed by atoms with van der Waals surface area (Å²) in [4.78, 5) is 28.7. The minimum atomic E-state index is -0.218. The van der Waals surface area contributed by atoms with E-state index in [9.17, 15) is 9.59 Å². The molecular weight excluding hydrogens is 328 g/mol. The highest BCUT2D eigenvalue weighted by atomic mass is 16.5. The van der Waals surface area contributed by atoms with Crippen LogP contribution >= 0.6 is 0 Å². The lowest BCUT2D eigenvalue weighted by Crippen LogP contribution is -2.48. The molecule has 1 unspecified atom stereocenters. The number of amides is 2. The molecule has 2 aromatic carbocycles. The minimum absolute atomic E-state index is 0.156. The third kappa shape index (κ3) is 3.28. The molecule has 2 aliphatic heterocycles. The summed E-state index contributed by atoms with van der Waals surface area (Å²) in [5.41, 5.74) is 3.49. The third-order valence-corrected chi connectivity index (χ3v) is 5.01. The van der Waals surface area contributed by atoms with Gasteiger partial charge in [-0.3, -0.25) is 19.4 Å². The number of nitrogens with zero attached hydrogens (tertiary/aromatic N) is 2. The lowest BCUT2D eigenvalue weighted by atomic mass is 10.1. The molecule has 0 bridgehead atoms. The van der Waals surface area contributed by atoms with Crippen LogP contribution in [0, 0.1) is 6.92 Å². The van der Waals surface area contributed by atoms with Gasteiger partial charge in [0.2, 0.25) is 0 Å². The van der Waals surface area contributed by atoms with Crippen molar-refractivity contribution in [1.82, 2.24) is 9.80 Å². The summed E-state index contributed by atoms with van der Waals surface area (Å²) in [5.74, 6) is -0.435. The maximum absolute atomic E-state index is 12.5. The van der Waals surface area contributed by atoms with Gasteiger partial charge in [-0.15, -0.1) is 0 Å². The Hall–Kier alpha value is -2.50. The fourth-order valence-corrected chi connectivity index (χ4v) is 3.59. The van der Waals surface area contributed by atoms with Crippen LogP contribution in [0.1, 0.15) is 31.8 Å². The first-order valence-electron chi connectivity index (χ1n) is 8.96. The molecule has 2 amide bonds. The topological polar surface area (TPSA) is 49.9 Å². The van der Waals surface area contributed by atoms with Crippen molar-refractivity contribution >= 4 is 11.8 Å². The fraction of sp³-hybridized carbons (Fsp3) is 0.333. The SMILES string of the molecule is Cc1ccc(CN2CCOC(CN3C(=O)c4ccccc4C3=O)C2)cc1. The smallest absolute Gasteiger partial charge is 0.261 e. The van der Waals surface area contributed by atoms with Gasteiger partial charge in [-0.1, -0.05) is 42.0 Å². The van der Waals surface area contributed by atoms with Gasteiger partial charge < -0.3 is 4.74 Å². The summed E-state index contributed by atoms with van der Waals surface area (Å²) in [6.07, 6.45) is -0.156. The zero-order valence-corrected chi connectivity index (χ0v) is 14.9. The lowest BCUT2D eigenvalue weighted by Gasteiger charge is -2.34. The summed E-state index contributed by atoms with van der Waals surface area (Å²) in [7, 11) is 0. The van der Waals surface area contributed by atoms with Gasteiger partial charge >= 0.3 is 0 Å². The van der Waals surface area contributed by atoms with Gasteiger partial charge in [0.05, 0.1) is 30.4 Å². The van der Waals surface area contributed by atoms with Gasteiger partial charge in [0.15, 0.2) is 0 Å². The molecule has 2 aromatic rings. The molecule has 1 saturated heterocycles. The van der Waals surface area contributed by atoms with E-state index in [1.54, 1.807) is 24.3 Å². The molecule has 0 spiro atoms. The Kier molecular flexibility index (Phi) is 4.57. The Morgan fingerprint density at radius 3 is 2.31 bits per heavy atom. The number of aryl methyl sites for hydroxylation is 1. The number of ether oxygens (including phenoxy) is 1. The molecule has 0 N–H and O–H groups in total. The average molecular weight is 350 g/mol. The van der Waals surface area contributed by atoms with Crippen molar-refractivity contribution in [2.75, 3.05) is 26.2 Å². The lowest BCUT2D eigenvalue weighted by molar-refractivity contribution is -0.0400. The molecule has 5 heteroatoms. The van der Waals surface area contributed by atoms with Gasteiger partial charge in [0, 0.05) is 19.6 Å². The van der Waals surface area contributed by atoms with E-state index >= 15 is 0 Å². The molecule has 1 fully saturated rings. The van der Waals surface area contributed by atoms with Crippen LogP contribution < -0.4 is 0 Å². The van der Waals surface area contributed by atoms with Crippen LogP contribution in [0.15, 0.2) is 48.5 Å². The van der Waals surface area contributed by atoms with Gasteiger partial charge in [0.1, 0.15) is 0 Å². The minimum Gasteiger partial charge on any atom is -0.374 e. The van der Waals surface area contributed by atoms with Gasteiger partial charge in [-0.2, -0.15) is 0 Å². The van der Waals surface area contributed by atoms with Crippen LogP contribution in [0.2, 0.25) is 0 Å². The van der Waals surface area contributed by atoms with Gasteiger partial charge in [0.25, 0.3) is 11.8 Å². The number of hydrogen-bond acceptors (Lipinski definition) is 4. The van der Waals surface area contributed by atoms with Crippen molar-refractivity contribution in [2.45, 2.75) is 19.6 Å². The maximum atomic E-state index is 12.5. The average Bonchev–Trinajstić information content (AvgIpc) is 2.89. The second-order valence-electron chi connectivity index (χ2n) is 6.98. The van der Waals surface area contributed by atoms with Gasteiger partial charge in [-0.05, 0) is 24.6 Å². The van der Waals surface area contributed by atoms with Crippen molar-refractivity contribution < 1.29 is 14.3 Å². The Balaban J connectivity index is 1.40. The molecule has 5 nitrogen and oxygen atoms in total. The molecule has 2 aliphatic rings. The van der Waals surface area contributed by atoms with E-state index in [-0.39, 0.29) is 17.9 Å². The second kappa shape index (κ2) is 7.02. The molecule has 0 aliphatic carbocycles. The number of carbonyl (C=O) groups excluding carboxylic acids is 2. The second-order valence-corrected chi connectivity index (χ2v) is 6.98. The Bertz CT molecular complexity index is 796. The highest BCUT2D eigenvalue weighted by Crippen LogP contribution is 2.23. The highest BCUT2D eigenvalue weighted by Gasteiger charge is 2.37. The zero-order chi connectivity index (χ0) is 18.1. The summed E-state index contributed by atoms with van der Waals surface area (Å²) in [5, 5.41) is 0. The van der Waals surface area contributed by atoms with Crippen LogP contribution in [0.25, 0.3) is 0 Å². The normalized spacial score (nSPS) is 20.5. The van der Waals surface area contributed by atoms with Gasteiger partial charge in [-0.25, -0.2) is 0 Å².